The SMILES string of the molecule is CC1CCC2(C)C(CCC3(C)C4CCC5(C(=O)NC(C)(C)CN6CCOCC6)CCCC5C4CCC23)C1C. The number of morpholine rings is 1. The summed E-state index contributed by atoms with van der Waals surface area (Å²) in [4.78, 5) is 16.7. The average molecular weight is 527 g/mol. The minimum Gasteiger partial charge on any atom is -0.379 e. The first-order valence-corrected chi connectivity index (χ1v) is 16.6. The lowest BCUT2D eigenvalue weighted by molar-refractivity contribution is -0.190. The molecular weight excluding hydrogens is 468 g/mol. The smallest absolute Gasteiger partial charge is 0.226 e. The molecule has 10 unspecified atom stereocenters. The fraction of sp³-hybridized carbons (Fsp3) is 0.971. The summed E-state index contributed by atoms with van der Waals surface area (Å²) in [6.45, 7) is 19.5. The molecule has 6 rings (SSSR count). The summed E-state index contributed by atoms with van der Waals surface area (Å²) < 4.78 is 5.56. The van der Waals surface area contributed by atoms with Gasteiger partial charge in [-0.3, -0.25) is 9.69 Å². The summed E-state index contributed by atoms with van der Waals surface area (Å²) in [5.74, 6) is 6.20. The van der Waals surface area contributed by atoms with E-state index in [0.29, 0.717) is 22.7 Å². The Bertz CT molecular complexity index is 897. The Morgan fingerprint density at radius 2 is 1.55 bits per heavy atom. The molecule has 38 heavy (non-hydrogen) atoms. The quantitative estimate of drug-likeness (QED) is 0.432. The molecule has 5 aliphatic carbocycles. The summed E-state index contributed by atoms with van der Waals surface area (Å²) in [5, 5.41) is 3.63. The highest BCUT2D eigenvalue weighted by molar-refractivity contribution is 5.84. The molecule has 0 spiro atoms. The molecule has 4 heteroatoms. The second-order valence-electron chi connectivity index (χ2n) is 16.4. The molecule has 0 bridgehead atoms. The van der Waals surface area contributed by atoms with Gasteiger partial charge in [0.1, 0.15) is 0 Å². The minimum atomic E-state index is -0.196. The first-order chi connectivity index (χ1) is 18.0. The third-order valence-corrected chi connectivity index (χ3v) is 14.1. The van der Waals surface area contributed by atoms with Crippen molar-refractivity contribution in [2.24, 2.45) is 57.7 Å². The predicted octanol–water partition coefficient (Wildman–Crippen LogP) is 6.92. The van der Waals surface area contributed by atoms with Crippen LogP contribution in [0.3, 0.4) is 0 Å². The summed E-state index contributed by atoms with van der Waals surface area (Å²) >= 11 is 0. The molecule has 0 aromatic carbocycles. The second-order valence-corrected chi connectivity index (χ2v) is 16.4. The highest BCUT2D eigenvalue weighted by Gasteiger charge is 2.65. The van der Waals surface area contributed by atoms with Crippen molar-refractivity contribution in [3.05, 3.63) is 0 Å². The Balaban J connectivity index is 1.20. The van der Waals surface area contributed by atoms with Gasteiger partial charge < -0.3 is 10.1 Å². The topological polar surface area (TPSA) is 41.6 Å². The van der Waals surface area contributed by atoms with Crippen LogP contribution in [0.2, 0.25) is 0 Å². The van der Waals surface area contributed by atoms with Crippen LogP contribution in [0.4, 0.5) is 0 Å². The Kier molecular flexibility index (Phi) is 7.07. The number of carbonyl (C=O) groups excluding carboxylic acids is 1. The van der Waals surface area contributed by atoms with E-state index in [1.807, 2.05) is 0 Å². The maximum absolute atomic E-state index is 14.2. The van der Waals surface area contributed by atoms with E-state index < -0.39 is 0 Å². The Morgan fingerprint density at radius 1 is 0.868 bits per heavy atom. The molecule has 1 amide bonds. The number of nitrogens with one attached hydrogen (secondary N) is 1. The number of rotatable bonds is 4. The molecule has 0 aromatic heterocycles. The van der Waals surface area contributed by atoms with Crippen LogP contribution >= 0.6 is 0 Å². The zero-order valence-electron chi connectivity index (χ0n) is 25.6. The van der Waals surface area contributed by atoms with Crippen molar-refractivity contribution in [1.29, 1.82) is 0 Å². The lowest BCUT2D eigenvalue weighted by Gasteiger charge is -2.67. The van der Waals surface area contributed by atoms with Crippen LogP contribution in [0.1, 0.15) is 112 Å². The van der Waals surface area contributed by atoms with Crippen molar-refractivity contribution in [2.45, 2.75) is 118 Å². The van der Waals surface area contributed by atoms with Crippen molar-refractivity contribution >= 4 is 5.91 Å². The molecule has 6 fully saturated rings. The highest BCUT2D eigenvalue weighted by Crippen LogP contribution is 2.72. The monoisotopic (exact) mass is 526 g/mol. The van der Waals surface area contributed by atoms with Gasteiger partial charge in [-0.15, -0.1) is 0 Å². The molecule has 0 radical (unpaired) electrons. The van der Waals surface area contributed by atoms with Gasteiger partial charge in [-0.25, -0.2) is 0 Å². The first-order valence-electron chi connectivity index (χ1n) is 16.6. The van der Waals surface area contributed by atoms with E-state index in [1.54, 1.807) is 0 Å². The Labute approximate surface area is 233 Å². The van der Waals surface area contributed by atoms with Gasteiger partial charge in [-0.05, 0) is 130 Å². The third-order valence-electron chi connectivity index (χ3n) is 14.1. The standard InChI is InChI=1S/C34H58N2O2/c1-23-11-15-32(5)26(24(23)2)12-16-33(6)27-13-17-34(14-7-8-28(34)25(27)9-10-29(32)33)30(37)35-31(3,4)22-36-18-20-38-21-19-36/h23-29H,7-22H2,1-6H3,(H,35,37). The van der Waals surface area contributed by atoms with E-state index in [-0.39, 0.29) is 11.0 Å². The predicted molar refractivity (Wildman–Crippen MR) is 155 cm³/mol. The molecule has 5 saturated carbocycles. The summed E-state index contributed by atoms with van der Waals surface area (Å²) in [7, 11) is 0. The lowest BCUT2D eigenvalue weighted by Crippen LogP contribution is -2.63. The van der Waals surface area contributed by atoms with E-state index in [2.05, 4.69) is 51.8 Å². The van der Waals surface area contributed by atoms with Crippen LogP contribution in [-0.4, -0.2) is 49.2 Å². The van der Waals surface area contributed by atoms with Gasteiger partial charge in [0, 0.05) is 25.2 Å². The Morgan fingerprint density at radius 3 is 2.32 bits per heavy atom. The molecule has 216 valence electrons. The van der Waals surface area contributed by atoms with Crippen LogP contribution in [0.25, 0.3) is 0 Å². The van der Waals surface area contributed by atoms with Crippen LogP contribution in [-0.2, 0) is 9.53 Å². The number of amides is 1. The second kappa shape index (κ2) is 9.74. The van der Waals surface area contributed by atoms with Crippen LogP contribution in [0, 0.1) is 57.7 Å². The minimum absolute atomic E-state index is 0.109. The van der Waals surface area contributed by atoms with Gasteiger partial charge in [-0.1, -0.05) is 34.1 Å². The zero-order chi connectivity index (χ0) is 26.9. The van der Waals surface area contributed by atoms with Crippen LogP contribution < -0.4 is 5.32 Å². The van der Waals surface area contributed by atoms with Crippen molar-refractivity contribution < 1.29 is 9.53 Å². The van der Waals surface area contributed by atoms with Gasteiger partial charge in [0.25, 0.3) is 0 Å². The number of fused-ring (bicyclic) bond motifs is 7. The molecule has 10 atom stereocenters. The fourth-order valence-corrected chi connectivity index (χ4v) is 12.2. The summed E-state index contributed by atoms with van der Waals surface area (Å²) in [6, 6.07) is 0. The maximum atomic E-state index is 14.2. The fourth-order valence-electron chi connectivity index (χ4n) is 12.2. The number of ether oxygens (including phenoxy) is 1. The number of nitrogens with zero attached hydrogens (tertiary/aromatic N) is 1. The molecule has 1 saturated heterocycles. The summed E-state index contributed by atoms with van der Waals surface area (Å²) in [5.41, 5.74) is 0.714. The number of carbonyl (C=O) groups is 1. The average Bonchev–Trinajstić information content (AvgIpc) is 3.32. The first kappa shape index (κ1) is 27.6. The molecule has 0 aromatic rings. The molecular formula is C34H58N2O2. The normalized spacial score (nSPS) is 49.4. The Hall–Kier alpha value is -0.610. The third kappa shape index (κ3) is 4.24. The van der Waals surface area contributed by atoms with Crippen molar-refractivity contribution in [3.8, 4) is 0 Å². The van der Waals surface area contributed by atoms with Gasteiger partial charge in [0.2, 0.25) is 5.91 Å². The van der Waals surface area contributed by atoms with Crippen LogP contribution in [0.5, 0.6) is 0 Å². The van der Waals surface area contributed by atoms with Gasteiger partial charge in [-0.2, -0.15) is 0 Å². The van der Waals surface area contributed by atoms with E-state index in [0.717, 1.165) is 81.2 Å². The summed E-state index contributed by atoms with van der Waals surface area (Å²) in [6.07, 6.45) is 14.7. The van der Waals surface area contributed by atoms with Crippen molar-refractivity contribution in [1.82, 2.24) is 10.2 Å². The molecule has 1 aliphatic heterocycles. The van der Waals surface area contributed by atoms with Crippen molar-refractivity contribution in [2.75, 3.05) is 32.8 Å². The van der Waals surface area contributed by atoms with E-state index in [1.165, 1.54) is 57.8 Å². The number of hydrogen-bond acceptors (Lipinski definition) is 3. The number of hydrogen-bond donors (Lipinski definition) is 1. The molecule has 4 nitrogen and oxygen atoms in total. The van der Waals surface area contributed by atoms with Crippen molar-refractivity contribution in [3.63, 3.8) is 0 Å². The largest absolute Gasteiger partial charge is 0.379 e. The van der Waals surface area contributed by atoms with Gasteiger partial charge in [0.05, 0.1) is 18.6 Å². The molecule has 1 N–H and O–H groups in total. The van der Waals surface area contributed by atoms with E-state index in [9.17, 15) is 4.79 Å². The molecule has 1 heterocycles. The van der Waals surface area contributed by atoms with E-state index in [4.69, 9.17) is 4.74 Å². The van der Waals surface area contributed by atoms with E-state index >= 15 is 0 Å². The highest BCUT2D eigenvalue weighted by atomic mass is 16.5. The maximum Gasteiger partial charge on any atom is 0.226 e. The van der Waals surface area contributed by atoms with Gasteiger partial charge in [0.15, 0.2) is 0 Å². The van der Waals surface area contributed by atoms with Crippen LogP contribution in [0.15, 0.2) is 0 Å². The molecule has 6 aliphatic rings. The lowest BCUT2D eigenvalue weighted by atomic mass is 9.37. The van der Waals surface area contributed by atoms with Gasteiger partial charge >= 0.3 is 0 Å². The zero-order valence-corrected chi connectivity index (χ0v) is 25.6.